The van der Waals surface area contributed by atoms with Gasteiger partial charge in [-0.1, -0.05) is 11.6 Å². The molecule has 3 heterocycles. The van der Waals surface area contributed by atoms with Crippen molar-refractivity contribution in [1.29, 1.82) is 0 Å². The minimum Gasteiger partial charge on any atom is -0.235 e. The molecule has 0 aliphatic carbocycles. The van der Waals surface area contributed by atoms with Crippen molar-refractivity contribution in [3.8, 4) is 10.4 Å². The zero-order valence-corrected chi connectivity index (χ0v) is 13.6. The van der Waals surface area contributed by atoms with E-state index >= 15 is 0 Å². The molecule has 0 aromatic carbocycles. The molecule has 0 spiro atoms. The smallest absolute Gasteiger partial charge is 0.150 e. The predicted molar refractivity (Wildman–Crippen MR) is 81.1 cm³/mol. The minimum atomic E-state index is 0.511. The number of rotatable bonds is 1. The number of hydrogen-bond donors (Lipinski definition) is 0. The zero-order valence-electron chi connectivity index (χ0n) is 8.08. The lowest BCUT2D eigenvalue weighted by atomic mass is 10.3. The van der Waals surface area contributed by atoms with Gasteiger partial charge in [-0.2, -0.15) is 0 Å². The Hall–Kier alpha value is -0.01000. The Morgan fingerprint density at radius 2 is 1.94 bits per heavy atom. The summed E-state index contributed by atoms with van der Waals surface area (Å²) >= 11 is 16.3. The van der Waals surface area contributed by atoms with E-state index in [0.29, 0.717) is 5.15 Å². The van der Waals surface area contributed by atoms with Gasteiger partial charge in [0.1, 0.15) is 11.5 Å². The summed E-state index contributed by atoms with van der Waals surface area (Å²) in [5.41, 5.74) is 2.04. The van der Waals surface area contributed by atoms with E-state index in [1.54, 1.807) is 22.7 Å². The van der Waals surface area contributed by atoms with E-state index < -0.39 is 0 Å². The van der Waals surface area contributed by atoms with Gasteiger partial charge in [-0.3, -0.25) is 0 Å². The molecule has 0 fully saturated rings. The molecular formula is C10H3Br2ClN2S2. The molecule has 0 atom stereocenters. The molecule has 3 rings (SSSR count). The maximum absolute atomic E-state index is 6.04. The van der Waals surface area contributed by atoms with Crippen molar-refractivity contribution in [3.05, 3.63) is 31.2 Å². The van der Waals surface area contributed by atoms with Crippen LogP contribution in [0, 0.1) is 0 Å². The van der Waals surface area contributed by atoms with Crippen LogP contribution in [0.15, 0.2) is 26.0 Å². The number of fused-ring (bicyclic) bond motifs is 1. The highest BCUT2D eigenvalue weighted by atomic mass is 79.9. The normalized spacial score (nSPS) is 11.2. The van der Waals surface area contributed by atoms with Gasteiger partial charge in [0.05, 0.1) is 17.8 Å². The van der Waals surface area contributed by atoms with Crippen LogP contribution in [0.3, 0.4) is 0 Å². The van der Waals surface area contributed by atoms with E-state index in [-0.39, 0.29) is 0 Å². The van der Waals surface area contributed by atoms with Crippen LogP contribution in [-0.4, -0.2) is 9.97 Å². The molecule has 0 unspecified atom stereocenters. The van der Waals surface area contributed by atoms with Crippen molar-refractivity contribution < 1.29 is 0 Å². The largest absolute Gasteiger partial charge is 0.235 e. The fraction of sp³-hybridized carbons (Fsp3) is 0. The molecule has 2 nitrogen and oxygen atoms in total. The number of hydrogen-bond acceptors (Lipinski definition) is 4. The third-order valence-electron chi connectivity index (χ3n) is 2.19. The Kier molecular flexibility index (Phi) is 3.25. The van der Waals surface area contributed by atoms with Crippen molar-refractivity contribution in [2.45, 2.75) is 0 Å². The van der Waals surface area contributed by atoms with Crippen molar-refractivity contribution >= 4 is 76.4 Å². The first-order chi connectivity index (χ1) is 8.15. The average Bonchev–Trinajstić information content (AvgIpc) is 2.82. The Morgan fingerprint density at radius 3 is 2.59 bits per heavy atom. The van der Waals surface area contributed by atoms with Crippen LogP contribution < -0.4 is 0 Å². The van der Waals surface area contributed by atoms with E-state index in [0.717, 1.165) is 28.2 Å². The highest BCUT2D eigenvalue weighted by Gasteiger charge is 2.13. The maximum atomic E-state index is 6.04. The van der Waals surface area contributed by atoms with Crippen molar-refractivity contribution in [1.82, 2.24) is 9.97 Å². The molecule has 3 aromatic heterocycles. The topological polar surface area (TPSA) is 25.8 Å². The Labute approximate surface area is 127 Å². The molecule has 3 aromatic rings. The summed E-state index contributed by atoms with van der Waals surface area (Å²) in [6.07, 6.45) is 1.49. The minimum absolute atomic E-state index is 0.511. The molecule has 0 amide bonds. The van der Waals surface area contributed by atoms with Gasteiger partial charge in [-0.25, -0.2) is 9.97 Å². The third kappa shape index (κ3) is 2.17. The second-order valence-electron chi connectivity index (χ2n) is 3.23. The van der Waals surface area contributed by atoms with Gasteiger partial charge in [0.2, 0.25) is 0 Å². The lowest BCUT2D eigenvalue weighted by molar-refractivity contribution is 1.23. The van der Waals surface area contributed by atoms with E-state index in [2.05, 4.69) is 47.9 Å². The first-order valence-electron chi connectivity index (χ1n) is 4.50. The van der Waals surface area contributed by atoms with Gasteiger partial charge in [0.15, 0.2) is 0 Å². The lowest BCUT2D eigenvalue weighted by Crippen LogP contribution is -1.76. The number of aromatic nitrogens is 2. The number of nitrogens with zero attached hydrogens (tertiary/aromatic N) is 2. The Balaban J connectivity index is 2.25. The summed E-state index contributed by atoms with van der Waals surface area (Å²) in [6.45, 7) is 0. The molecule has 7 heteroatoms. The fourth-order valence-corrected chi connectivity index (χ4v) is 5.78. The van der Waals surface area contributed by atoms with Gasteiger partial charge in [-0.05, 0) is 44.0 Å². The highest BCUT2D eigenvalue weighted by molar-refractivity contribution is 9.12. The quantitative estimate of drug-likeness (QED) is 0.488. The van der Waals surface area contributed by atoms with E-state index in [1.165, 1.54) is 6.33 Å². The first kappa shape index (κ1) is 12.0. The highest BCUT2D eigenvalue weighted by Crippen LogP contribution is 2.43. The van der Waals surface area contributed by atoms with Crippen LogP contribution in [0.25, 0.3) is 20.7 Å². The molecule has 0 saturated heterocycles. The predicted octanol–water partition coefficient (Wildman–Crippen LogP) is 5.60. The molecule has 0 aliphatic heterocycles. The molecule has 0 aliphatic rings. The monoisotopic (exact) mass is 408 g/mol. The van der Waals surface area contributed by atoms with Crippen LogP contribution in [0.5, 0.6) is 0 Å². The zero-order chi connectivity index (χ0) is 12.0. The van der Waals surface area contributed by atoms with Crippen LogP contribution in [0.2, 0.25) is 5.15 Å². The SMILES string of the molecule is Clc1ncnc2cc(-c3cc(Br)sc3Br)sc12. The summed E-state index contributed by atoms with van der Waals surface area (Å²) in [5.74, 6) is 0. The van der Waals surface area contributed by atoms with Crippen molar-refractivity contribution in [2.24, 2.45) is 0 Å². The fourth-order valence-electron chi connectivity index (χ4n) is 1.47. The first-order valence-corrected chi connectivity index (χ1v) is 8.10. The van der Waals surface area contributed by atoms with E-state index in [4.69, 9.17) is 11.6 Å². The standard InChI is InChI=1S/C10H3Br2ClN2S2/c11-7-1-4(9(12)17-7)6-2-5-8(16-6)10(13)15-3-14-5/h1-3H. The van der Waals surface area contributed by atoms with E-state index in [1.807, 2.05) is 6.07 Å². The summed E-state index contributed by atoms with van der Waals surface area (Å²) < 4.78 is 3.12. The van der Waals surface area contributed by atoms with Crippen LogP contribution >= 0.6 is 66.1 Å². The third-order valence-corrected chi connectivity index (χ3v) is 6.09. The molecule has 17 heavy (non-hydrogen) atoms. The van der Waals surface area contributed by atoms with Crippen LogP contribution in [0.4, 0.5) is 0 Å². The molecule has 0 bridgehead atoms. The second-order valence-corrected chi connectivity index (χ2v) is 8.39. The molecule has 0 N–H and O–H groups in total. The molecule has 0 radical (unpaired) electrons. The average molecular weight is 411 g/mol. The van der Waals surface area contributed by atoms with Crippen LogP contribution in [0.1, 0.15) is 0 Å². The van der Waals surface area contributed by atoms with Gasteiger partial charge in [-0.15, -0.1) is 22.7 Å². The van der Waals surface area contributed by atoms with Gasteiger partial charge < -0.3 is 0 Å². The van der Waals surface area contributed by atoms with Crippen LogP contribution in [-0.2, 0) is 0 Å². The maximum Gasteiger partial charge on any atom is 0.150 e. The summed E-state index contributed by atoms with van der Waals surface area (Å²) in [7, 11) is 0. The second kappa shape index (κ2) is 4.59. The molecular weight excluding hydrogens is 408 g/mol. The number of thiophene rings is 2. The number of halogens is 3. The summed E-state index contributed by atoms with van der Waals surface area (Å²) in [4.78, 5) is 9.34. The lowest BCUT2D eigenvalue weighted by Gasteiger charge is -1.90. The van der Waals surface area contributed by atoms with Crippen molar-refractivity contribution in [3.63, 3.8) is 0 Å². The Bertz CT molecular complexity index is 707. The summed E-state index contributed by atoms with van der Waals surface area (Å²) in [6, 6.07) is 4.12. The van der Waals surface area contributed by atoms with Gasteiger partial charge >= 0.3 is 0 Å². The van der Waals surface area contributed by atoms with Crippen molar-refractivity contribution in [2.75, 3.05) is 0 Å². The molecule has 86 valence electrons. The van der Waals surface area contributed by atoms with E-state index in [9.17, 15) is 0 Å². The molecule has 0 saturated carbocycles. The Morgan fingerprint density at radius 1 is 1.12 bits per heavy atom. The van der Waals surface area contributed by atoms with Gasteiger partial charge in [0.25, 0.3) is 0 Å². The summed E-state index contributed by atoms with van der Waals surface area (Å²) in [5, 5.41) is 0.511. The van der Waals surface area contributed by atoms with Gasteiger partial charge in [0, 0.05) is 10.4 Å².